The average molecular weight is 402 g/mol. The monoisotopic (exact) mass is 401 g/mol. The van der Waals surface area contributed by atoms with Crippen LogP contribution in [0, 0.1) is 5.92 Å². The average Bonchev–Trinajstić information content (AvgIpc) is 2.83. The zero-order valence-electron chi connectivity index (χ0n) is 17.3. The molecule has 6 heteroatoms. The topological polar surface area (TPSA) is 62.2 Å². The molecule has 1 aliphatic heterocycles. The minimum atomic E-state index is -0.0101. The van der Waals surface area contributed by atoms with Crippen LogP contribution < -0.4 is 4.90 Å². The molecule has 3 aromatic rings. The van der Waals surface area contributed by atoms with Crippen LogP contribution in [-0.4, -0.2) is 45.6 Å². The molecule has 1 fully saturated rings. The minimum absolute atomic E-state index is 0.0101. The molecule has 1 atom stereocenters. The molecule has 1 saturated heterocycles. The van der Waals surface area contributed by atoms with Crippen LogP contribution in [0.5, 0.6) is 0 Å². The summed E-state index contributed by atoms with van der Waals surface area (Å²) >= 11 is 0. The van der Waals surface area contributed by atoms with Crippen molar-refractivity contribution in [2.24, 2.45) is 5.92 Å². The molecule has 1 unspecified atom stereocenters. The number of carbonyl (C=O) groups is 1. The van der Waals surface area contributed by atoms with Crippen molar-refractivity contribution in [3.05, 3.63) is 72.6 Å². The SMILES string of the molecule is CCN(Cc1ccccc1)C(=O)C1CCCN(c2ccc(-c3ccncc3)nn2)C1. The number of nitrogens with zero attached hydrogens (tertiary/aromatic N) is 5. The number of hydrogen-bond donors (Lipinski definition) is 0. The quantitative estimate of drug-likeness (QED) is 0.629. The fourth-order valence-corrected chi connectivity index (χ4v) is 3.96. The third-order valence-corrected chi connectivity index (χ3v) is 5.63. The van der Waals surface area contributed by atoms with Crippen LogP contribution in [0.15, 0.2) is 67.0 Å². The van der Waals surface area contributed by atoms with Crippen LogP contribution in [0.1, 0.15) is 25.3 Å². The first-order valence-electron chi connectivity index (χ1n) is 10.6. The summed E-state index contributed by atoms with van der Waals surface area (Å²) in [5.74, 6) is 1.05. The van der Waals surface area contributed by atoms with Crippen LogP contribution in [0.25, 0.3) is 11.3 Å². The fourth-order valence-electron chi connectivity index (χ4n) is 3.96. The lowest BCUT2D eigenvalue weighted by Gasteiger charge is -2.35. The molecule has 3 heterocycles. The molecule has 0 N–H and O–H groups in total. The Bertz CT molecular complexity index is 946. The van der Waals surface area contributed by atoms with E-state index in [-0.39, 0.29) is 11.8 Å². The smallest absolute Gasteiger partial charge is 0.227 e. The van der Waals surface area contributed by atoms with E-state index in [1.54, 1.807) is 12.4 Å². The Morgan fingerprint density at radius 1 is 1.07 bits per heavy atom. The molecule has 1 aliphatic rings. The first-order valence-corrected chi connectivity index (χ1v) is 10.6. The lowest BCUT2D eigenvalue weighted by molar-refractivity contribution is -0.136. The van der Waals surface area contributed by atoms with E-state index in [2.05, 4.69) is 32.2 Å². The molecule has 0 saturated carbocycles. The van der Waals surface area contributed by atoms with Crippen LogP contribution in [0.2, 0.25) is 0 Å². The number of pyridine rings is 1. The number of piperidine rings is 1. The van der Waals surface area contributed by atoms with Gasteiger partial charge in [-0.2, -0.15) is 0 Å². The maximum atomic E-state index is 13.2. The van der Waals surface area contributed by atoms with E-state index in [9.17, 15) is 4.79 Å². The molecule has 2 aromatic heterocycles. The van der Waals surface area contributed by atoms with Gasteiger partial charge in [0, 0.05) is 44.1 Å². The summed E-state index contributed by atoms with van der Waals surface area (Å²) in [6, 6.07) is 18.0. The van der Waals surface area contributed by atoms with Crippen LogP contribution in [0.3, 0.4) is 0 Å². The third kappa shape index (κ3) is 4.64. The predicted octanol–water partition coefficient (Wildman–Crippen LogP) is 3.80. The number of anilines is 1. The molecule has 30 heavy (non-hydrogen) atoms. The Morgan fingerprint density at radius 3 is 2.57 bits per heavy atom. The Hall–Kier alpha value is -3.28. The Morgan fingerprint density at radius 2 is 1.87 bits per heavy atom. The van der Waals surface area contributed by atoms with Crippen molar-refractivity contribution in [1.29, 1.82) is 0 Å². The van der Waals surface area contributed by atoms with E-state index in [1.165, 1.54) is 0 Å². The fraction of sp³-hybridized carbons (Fsp3) is 0.333. The van der Waals surface area contributed by atoms with Crippen molar-refractivity contribution in [3.8, 4) is 11.3 Å². The van der Waals surface area contributed by atoms with Crippen LogP contribution in [-0.2, 0) is 11.3 Å². The van der Waals surface area contributed by atoms with E-state index in [0.717, 1.165) is 42.0 Å². The van der Waals surface area contributed by atoms with Gasteiger partial charge < -0.3 is 9.80 Å². The van der Waals surface area contributed by atoms with Gasteiger partial charge in [-0.3, -0.25) is 9.78 Å². The zero-order valence-corrected chi connectivity index (χ0v) is 17.3. The molecular weight excluding hydrogens is 374 g/mol. The van der Waals surface area contributed by atoms with Gasteiger partial charge in [-0.15, -0.1) is 10.2 Å². The highest BCUT2D eigenvalue weighted by molar-refractivity contribution is 5.79. The largest absolute Gasteiger partial charge is 0.354 e. The van der Waals surface area contributed by atoms with E-state index < -0.39 is 0 Å². The van der Waals surface area contributed by atoms with Gasteiger partial charge >= 0.3 is 0 Å². The highest BCUT2D eigenvalue weighted by atomic mass is 16.2. The lowest BCUT2D eigenvalue weighted by Crippen LogP contribution is -2.45. The number of benzene rings is 1. The standard InChI is InChI=1S/C24H27N5O/c1-2-28(17-19-7-4-3-5-8-19)24(30)21-9-6-16-29(18-21)23-11-10-22(26-27-23)20-12-14-25-15-13-20/h3-5,7-8,10-15,21H,2,6,9,16-18H2,1H3. The van der Waals surface area contributed by atoms with Crippen molar-refractivity contribution in [3.63, 3.8) is 0 Å². The second kappa shape index (κ2) is 9.48. The molecule has 0 spiro atoms. The summed E-state index contributed by atoms with van der Waals surface area (Å²) in [6.07, 6.45) is 5.40. The van der Waals surface area contributed by atoms with Crippen molar-refractivity contribution in [2.75, 3.05) is 24.5 Å². The molecular formula is C24H27N5O. The van der Waals surface area contributed by atoms with Crippen molar-refractivity contribution >= 4 is 11.7 Å². The molecule has 1 aromatic carbocycles. The van der Waals surface area contributed by atoms with Gasteiger partial charge in [0.05, 0.1) is 11.6 Å². The molecule has 1 amide bonds. The van der Waals surface area contributed by atoms with Gasteiger partial charge in [0.15, 0.2) is 5.82 Å². The number of hydrogen-bond acceptors (Lipinski definition) is 5. The summed E-state index contributed by atoms with van der Waals surface area (Å²) in [6.45, 7) is 5.01. The van der Waals surface area contributed by atoms with E-state index in [1.807, 2.05) is 54.3 Å². The molecule has 4 rings (SSSR count). The highest BCUT2D eigenvalue weighted by Crippen LogP contribution is 2.25. The molecule has 6 nitrogen and oxygen atoms in total. The zero-order chi connectivity index (χ0) is 20.8. The number of aromatic nitrogens is 3. The van der Waals surface area contributed by atoms with E-state index in [0.29, 0.717) is 19.6 Å². The minimum Gasteiger partial charge on any atom is -0.354 e. The second-order valence-electron chi connectivity index (χ2n) is 7.64. The first-order chi connectivity index (χ1) is 14.7. The van der Waals surface area contributed by atoms with Gasteiger partial charge in [-0.1, -0.05) is 30.3 Å². The number of amides is 1. The summed E-state index contributed by atoms with van der Waals surface area (Å²) in [7, 11) is 0. The van der Waals surface area contributed by atoms with Gasteiger partial charge in [0.1, 0.15) is 0 Å². The summed E-state index contributed by atoms with van der Waals surface area (Å²) in [5.41, 5.74) is 2.99. The third-order valence-electron chi connectivity index (χ3n) is 5.63. The maximum Gasteiger partial charge on any atom is 0.227 e. The first kappa shape index (κ1) is 20.0. The molecule has 0 bridgehead atoms. The van der Waals surface area contributed by atoms with Crippen molar-refractivity contribution in [2.45, 2.75) is 26.3 Å². The van der Waals surface area contributed by atoms with Gasteiger partial charge in [0.25, 0.3) is 0 Å². The lowest BCUT2D eigenvalue weighted by atomic mass is 9.96. The van der Waals surface area contributed by atoms with Crippen LogP contribution in [0.4, 0.5) is 5.82 Å². The second-order valence-corrected chi connectivity index (χ2v) is 7.64. The summed E-state index contributed by atoms with van der Waals surface area (Å²) in [5, 5.41) is 8.82. The van der Waals surface area contributed by atoms with Gasteiger partial charge in [-0.25, -0.2) is 0 Å². The van der Waals surface area contributed by atoms with Crippen LogP contribution >= 0.6 is 0 Å². The predicted molar refractivity (Wildman–Crippen MR) is 118 cm³/mol. The van der Waals surface area contributed by atoms with E-state index in [4.69, 9.17) is 0 Å². The Labute approximate surface area is 177 Å². The van der Waals surface area contributed by atoms with E-state index >= 15 is 0 Å². The van der Waals surface area contributed by atoms with Crippen molar-refractivity contribution < 1.29 is 4.79 Å². The molecule has 154 valence electrons. The maximum absolute atomic E-state index is 13.2. The summed E-state index contributed by atoms with van der Waals surface area (Å²) < 4.78 is 0. The highest BCUT2D eigenvalue weighted by Gasteiger charge is 2.29. The molecule has 0 aliphatic carbocycles. The Kier molecular flexibility index (Phi) is 6.32. The van der Waals surface area contributed by atoms with Gasteiger partial charge in [-0.05, 0) is 49.6 Å². The van der Waals surface area contributed by atoms with Crippen molar-refractivity contribution in [1.82, 2.24) is 20.1 Å². The Balaban J connectivity index is 1.43. The van der Waals surface area contributed by atoms with Gasteiger partial charge in [0.2, 0.25) is 5.91 Å². The molecule has 0 radical (unpaired) electrons. The summed E-state index contributed by atoms with van der Waals surface area (Å²) in [4.78, 5) is 21.4. The normalized spacial score (nSPS) is 16.3. The number of rotatable bonds is 6. The number of carbonyl (C=O) groups excluding carboxylic acids is 1.